The van der Waals surface area contributed by atoms with Gasteiger partial charge in [0, 0.05) is 36.0 Å². The highest BCUT2D eigenvalue weighted by molar-refractivity contribution is 6.33. The molecule has 10 heteroatoms. The average molecular weight is 495 g/mol. The molecule has 0 unspecified atom stereocenters. The van der Waals surface area contributed by atoms with Crippen LogP contribution in [0.25, 0.3) is 16.9 Å². The second-order valence-corrected chi connectivity index (χ2v) is 9.88. The highest BCUT2D eigenvalue weighted by Crippen LogP contribution is 2.39. The lowest BCUT2D eigenvalue weighted by molar-refractivity contribution is -0.148. The number of rotatable bonds is 4. The summed E-state index contributed by atoms with van der Waals surface area (Å²) >= 11 is 6.23. The first-order valence-electron chi connectivity index (χ1n) is 11.1. The highest BCUT2D eigenvalue weighted by Gasteiger charge is 2.39. The van der Waals surface area contributed by atoms with Crippen LogP contribution in [0.3, 0.4) is 0 Å². The molecule has 1 atom stereocenters. The number of carbonyl (C=O) groups is 1. The fourth-order valence-electron chi connectivity index (χ4n) is 4.72. The number of aryl methyl sites for hydroxylation is 1. The van der Waals surface area contributed by atoms with Crippen LogP contribution in [0, 0.1) is 12.3 Å². The van der Waals surface area contributed by atoms with E-state index in [0.717, 1.165) is 29.2 Å². The molecule has 1 aromatic carbocycles. The Hall–Kier alpha value is -2.81. The molecule has 0 spiro atoms. The first kappa shape index (κ1) is 24.3. The summed E-state index contributed by atoms with van der Waals surface area (Å²) in [5.74, 6) is 0.00851. The Labute approximate surface area is 200 Å². The summed E-state index contributed by atoms with van der Waals surface area (Å²) in [6, 6.07) is 4.87. The van der Waals surface area contributed by atoms with Crippen molar-refractivity contribution in [3.63, 3.8) is 0 Å². The van der Waals surface area contributed by atoms with Gasteiger partial charge in [0.05, 0.1) is 21.7 Å². The van der Waals surface area contributed by atoms with Gasteiger partial charge in [-0.2, -0.15) is 22.8 Å². The van der Waals surface area contributed by atoms with Gasteiger partial charge < -0.3 is 10.0 Å². The van der Waals surface area contributed by atoms with Gasteiger partial charge in [0.2, 0.25) is 0 Å². The minimum absolute atomic E-state index is 0.0583. The quantitative estimate of drug-likeness (QED) is 0.468. The molecule has 3 heterocycles. The summed E-state index contributed by atoms with van der Waals surface area (Å²) in [4.78, 5) is 18.7. The van der Waals surface area contributed by atoms with Crippen LogP contribution in [-0.4, -0.2) is 38.8 Å². The van der Waals surface area contributed by atoms with Gasteiger partial charge in [0.25, 0.3) is 0 Å². The van der Waals surface area contributed by atoms with Crippen LogP contribution in [0.2, 0.25) is 5.02 Å². The van der Waals surface area contributed by atoms with Gasteiger partial charge in [0.1, 0.15) is 5.82 Å². The predicted molar refractivity (Wildman–Crippen MR) is 124 cm³/mol. The number of benzene rings is 1. The number of carboxylic acid groups (broad SMARTS) is 1. The van der Waals surface area contributed by atoms with Gasteiger partial charge in [-0.3, -0.25) is 4.79 Å². The Kier molecular flexibility index (Phi) is 6.04. The maximum atomic E-state index is 13.1. The van der Waals surface area contributed by atoms with Crippen molar-refractivity contribution in [2.24, 2.45) is 5.41 Å². The molecule has 1 saturated heterocycles. The van der Waals surface area contributed by atoms with Gasteiger partial charge in [-0.05, 0) is 44.7 Å². The summed E-state index contributed by atoms with van der Waals surface area (Å²) in [6.45, 7) is 8.71. The van der Waals surface area contributed by atoms with E-state index in [2.05, 4.69) is 5.10 Å². The third-order valence-electron chi connectivity index (χ3n) is 6.47. The zero-order valence-corrected chi connectivity index (χ0v) is 20.1. The van der Waals surface area contributed by atoms with Crippen molar-refractivity contribution in [2.45, 2.75) is 52.6 Å². The van der Waals surface area contributed by atoms with Crippen molar-refractivity contribution in [3.05, 3.63) is 46.1 Å². The summed E-state index contributed by atoms with van der Waals surface area (Å²) in [6.07, 6.45) is -3.21. The van der Waals surface area contributed by atoms with Gasteiger partial charge >= 0.3 is 12.1 Å². The predicted octanol–water partition coefficient (Wildman–Crippen LogP) is 6.19. The molecule has 1 N–H and O–H groups in total. The first-order valence-corrected chi connectivity index (χ1v) is 11.5. The zero-order valence-electron chi connectivity index (χ0n) is 19.4. The topological polar surface area (TPSA) is 70.7 Å². The van der Waals surface area contributed by atoms with Crippen LogP contribution >= 0.6 is 11.6 Å². The van der Waals surface area contributed by atoms with Crippen LogP contribution in [0.1, 0.15) is 56.4 Å². The molecule has 1 aliphatic rings. The molecule has 0 bridgehead atoms. The first-order chi connectivity index (χ1) is 15.8. The Morgan fingerprint density at radius 3 is 2.56 bits per heavy atom. The van der Waals surface area contributed by atoms with Gasteiger partial charge in [-0.15, -0.1) is 0 Å². The number of carboxylic acids is 1. The Bertz CT molecular complexity index is 1270. The van der Waals surface area contributed by atoms with Crippen molar-refractivity contribution >= 4 is 29.0 Å². The van der Waals surface area contributed by atoms with Crippen molar-refractivity contribution in [2.75, 3.05) is 18.0 Å². The second kappa shape index (κ2) is 8.45. The van der Waals surface area contributed by atoms with E-state index in [-0.39, 0.29) is 10.9 Å². The Morgan fingerprint density at radius 2 is 1.97 bits per heavy atom. The molecule has 182 valence electrons. The number of hydrogen-bond donors (Lipinski definition) is 1. The minimum Gasteiger partial charge on any atom is -0.481 e. The van der Waals surface area contributed by atoms with E-state index in [0.29, 0.717) is 42.8 Å². The molecule has 6 nitrogen and oxygen atoms in total. The number of aliphatic carboxylic acids is 1. The normalized spacial score (nSPS) is 19.3. The number of halogens is 4. The van der Waals surface area contributed by atoms with Gasteiger partial charge in [-0.25, -0.2) is 4.98 Å². The lowest BCUT2D eigenvalue weighted by Gasteiger charge is -2.40. The SMILES string of the molecule is Cc1nc2cc(-c3ccc(C(F)(F)F)cc3Cl)nn2c(N2CCC[C@@](C)(C(=O)O)C2)c1C(C)C. The standard InChI is InChI=1S/C24H26ClF3N4O2/c1-13(2)20-14(3)29-19-11-18(16-7-6-15(10-17(16)25)24(26,27)28)30-32(19)21(20)31-9-5-8-23(4,12-31)22(33)34/h6-7,10-11,13H,5,8-9,12H2,1-4H3,(H,33,34)/t23-/m1/s1. The van der Waals surface area contributed by atoms with Gasteiger partial charge in [0.15, 0.2) is 5.65 Å². The summed E-state index contributed by atoms with van der Waals surface area (Å²) < 4.78 is 40.9. The van der Waals surface area contributed by atoms with E-state index in [9.17, 15) is 23.1 Å². The lowest BCUT2D eigenvalue weighted by Crippen LogP contribution is -2.47. The zero-order chi connectivity index (χ0) is 25.0. The molecule has 0 radical (unpaired) electrons. The molecule has 0 amide bonds. The molecule has 4 rings (SSSR count). The number of fused-ring (bicyclic) bond motifs is 1. The number of alkyl halides is 3. The van der Waals surface area contributed by atoms with E-state index in [1.165, 1.54) is 6.07 Å². The Morgan fingerprint density at radius 1 is 1.26 bits per heavy atom. The molecular formula is C24H26ClF3N4O2. The van der Waals surface area contributed by atoms with Crippen molar-refractivity contribution in [3.8, 4) is 11.3 Å². The molecule has 1 fully saturated rings. The largest absolute Gasteiger partial charge is 0.481 e. The third-order valence-corrected chi connectivity index (χ3v) is 6.78. The van der Waals surface area contributed by atoms with Crippen LogP contribution in [-0.2, 0) is 11.0 Å². The maximum Gasteiger partial charge on any atom is 0.416 e. The highest BCUT2D eigenvalue weighted by atomic mass is 35.5. The number of aromatic nitrogens is 3. The fourth-order valence-corrected chi connectivity index (χ4v) is 5.00. The third kappa shape index (κ3) is 4.21. The van der Waals surface area contributed by atoms with E-state index >= 15 is 0 Å². The van der Waals surface area contributed by atoms with E-state index < -0.39 is 23.1 Å². The monoisotopic (exact) mass is 494 g/mol. The molecular weight excluding hydrogens is 469 g/mol. The molecule has 2 aromatic heterocycles. The molecule has 0 saturated carbocycles. The minimum atomic E-state index is -4.50. The van der Waals surface area contributed by atoms with E-state index in [1.807, 2.05) is 25.7 Å². The molecule has 1 aliphatic heterocycles. The number of nitrogens with zero attached hydrogens (tertiary/aromatic N) is 4. The van der Waals surface area contributed by atoms with Crippen LogP contribution < -0.4 is 4.90 Å². The average Bonchev–Trinajstić information content (AvgIpc) is 3.14. The summed E-state index contributed by atoms with van der Waals surface area (Å²) in [5.41, 5.74) is 1.30. The Balaban J connectivity index is 1.89. The second-order valence-electron chi connectivity index (χ2n) is 9.47. The van der Waals surface area contributed by atoms with Crippen molar-refractivity contribution in [1.29, 1.82) is 0 Å². The van der Waals surface area contributed by atoms with E-state index in [4.69, 9.17) is 16.6 Å². The smallest absolute Gasteiger partial charge is 0.416 e. The number of anilines is 1. The van der Waals surface area contributed by atoms with Gasteiger partial charge in [-0.1, -0.05) is 31.5 Å². The fraction of sp³-hybridized carbons (Fsp3) is 0.458. The maximum absolute atomic E-state index is 13.1. The molecule has 3 aromatic rings. The number of hydrogen-bond acceptors (Lipinski definition) is 4. The summed E-state index contributed by atoms with van der Waals surface area (Å²) in [7, 11) is 0. The van der Waals surface area contributed by atoms with Crippen LogP contribution in [0.4, 0.5) is 19.0 Å². The molecule has 0 aliphatic carbocycles. The van der Waals surface area contributed by atoms with Crippen molar-refractivity contribution in [1.82, 2.24) is 14.6 Å². The summed E-state index contributed by atoms with van der Waals surface area (Å²) in [5, 5.41) is 14.4. The molecule has 34 heavy (non-hydrogen) atoms. The van der Waals surface area contributed by atoms with Crippen LogP contribution in [0.5, 0.6) is 0 Å². The number of piperidine rings is 1. The van der Waals surface area contributed by atoms with E-state index in [1.54, 1.807) is 17.5 Å². The lowest BCUT2D eigenvalue weighted by atomic mass is 9.81. The van der Waals surface area contributed by atoms with Crippen LogP contribution in [0.15, 0.2) is 24.3 Å². The van der Waals surface area contributed by atoms with Crippen molar-refractivity contribution < 1.29 is 23.1 Å².